The molecule has 0 saturated carbocycles. The highest BCUT2D eigenvalue weighted by Crippen LogP contribution is 2.29. The van der Waals surface area contributed by atoms with E-state index in [9.17, 15) is 19.2 Å². The Bertz CT molecular complexity index is 1680. The monoisotopic (exact) mass is 733 g/mol. The van der Waals surface area contributed by atoms with Crippen LogP contribution in [0.25, 0.3) is 10.4 Å². The summed E-state index contributed by atoms with van der Waals surface area (Å²) in [6.07, 6.45) is 2.80. The average Bonchev–Trinajstić information content (AvgIpc) is 3.81. The van der Waals surface area contributed by atoms with Gasteiger partial charge in [-0.25, -0.2) is 14.8 Å². The van der Waals surface area contributed by atoms with Gasteiger partial charge in [0.25, 0.3) is 0 Å². The van der Waals surface area contributed by atoms with Crippen molar-refractivity contribution in [3.05, 3.63) is 64.9 Å². The third-order valence-corrected chi connectivity index (χ3v) is 10.7. The van der Waals surface area contributed by atoms with Crippen LogP contribution in [0.5, 0.6) is 0 Å². The average molecular weight is 734 g/mol. The van der Waals surface area contributed by atoms with E-state index in [-0.39, 0.29) is 30.4 Å². The lowest BCUT2D eigenvalue weighted by atomic mass is 9.85. The molecule has 1 aromatic carbocycles. The number of piperazine rings is 1. The number of thiazole rings is 1. The number of methoxy groups -OCH3 is 1. The quantitative estimate of drug-likeness (QED) is 0.196. The van der Waals surface area contributed by atoms with E-state index in [1.54, 1.807) is 22.3 Å². The molecule has 0 bridgehead atoms. The highest BCUT2D eigenvalue weighted by Gasteiger charge is 2.42. The molecule has 5 rings (SSSR count). The molecule has 3 aromatic rings. The second-order valence-electron chi connectivity index (χ2n) is 14.5. The molecule has 52 heavy (non-hydrogen) atoms. The van der Waals surface area contributed by atoms with Crippen molar-refractivity contribution in [2.45, 2.75) is 65.6 Å². The number of carbonyl (C=O) groups is 4. The number of pyridine rings is 1. The molecule has 2 aliphatic rings. The number of hydrogen-bond donors (Lipinski definition) is 2. The number of benzene rings is 1. The molecular weight excluding hydrogens is 683 g/mol. The van der Waals surface area contributed by atoms with Crippen LogP contribution in [-0.2, 0) is 23.9 Å². The fourth-order valence-corrected chi connectivity index (χ4v) is 7.40. The minimum absolute atomic E-state index is 0.168. The number of aromatic nitrogens is 2. The molecule has 2 N–H and O–H groups in total. The van der Waals surface area contributed by atoms with Crippen molar-refractivity contribution in [1.82, 2.24) is 30.4 Å². The van der Waals surface area contributed by atoms with Crippen molar-refractivity contribution >= 4 is 40.8 Å². The Labute approximate surface area is 310 Å². The number of nitrogens with zero attached hydrogens (tertiary/aromatic N) is 5. The Morgan fingerprint density at radius 2 is 1.71 bits per heavy atom. The first-order valence-corrected chi connectivity index (χ1v) is 18.7. The molecule has 14 heteroatoms. The number of nitrogens with one attached hydrogen (secondary N) is 2. The number of amides is 3. The maximum absolute atomic E-state index is 14.0. The fourth-order valence-electron chi connectivity index (χ4n) is 6.59. The number of ether oxygens (including phenoxy) is 2. The van der Waals surface area contributed by atoms with Crippen LogP contribution in [0.2, 0.25) is 0 Å². The molecule has 0 spiro atoms. The Kier molecular flexibility index (Phi) is 13.0. The van der Waals surface area contributed by atoms with E-state index in [0.29, 0.717) is 38.1 Å². The second-order valence-corrected chi connectivity index (χ2v) is 15.3. The SMILES string of the molecule is COC(=O)c1ccc(N2CCN(CCOCC(=O)NC(C(=O)N3CCC[C@H]3C(=O)N[C@@H](C)c3ccc(-c4scnc4C)cc3)C(C)(C)C)CC2)nc1. The smallest absolute Gasteiger partial charge is 0.339 e. The van der Waals surface area contributed by atoms with E-state index in [2.05, 4.69) is 30.4 Å². The summed E-state index contributed by atoms with van der Waals surface area (Å²) in [6, 6.07) is 9.97. The minimum atomic E-state index is -0.819. The Hall–Kier alpha value is -4.40. The van der Waals surface area contributed by atoms with Gasteiger partial charge < -0.3 is 29.9 Å². The number of likely N-dealkylation sites (tertiary alicyclic amines) is 1. The van der Waals surface area contributed by atoms with Crippen LogP contribution in [0.1, 0.15) is 68.2 Å². The first-order valence-electron chi connectivity index (χ1n) is 17.9. The summed E-state index contributed by atoms with van der Waals surface area (Å²) in [5, 5.41) is 6.02. The number of aryl methyl sites for hydroxylation is 1. The van der Waals surface area contributed by atoms with E-state index in [1.807, 2.05) is 70.5 Å². The summed E-state index contributed by atoms with van der Waals surface area (Å²) in [5.41, 5.74) is 4.71. The van der Waals surface area contributed by atoms with E-state index in [0.717, 1.165) is 53.7 Å². The van der Waals surface area contributed by atoms with E-state index >= 15 is 0 Å². The zero-order chi connectivity index (χ0) is 37.4. The third-order valence-electron chi connectivity index (χ3n) is 9.68. The number of carbonyl (C=O) groups excluding carboxylic acids is 4. The van der Waals surface area contributed by atoms with Crippen molar-refractivity contribution in [3.8, 4) is 10.4 Å². The molecule has 3 amide bonds. The fraction of sp³-hybridized carbons (Fsp3) is 0.526. The van der Waals surface area contributed by atoms with Crippen molar-refractivity contribution in [2.24, 2.45) is 5.41 Å². The Balaban J connectivity index is 1.07. The maximum Gasteiger partial charge on any atom is 0.339 e. The molecule has 4 heterocycles. The van der Waals surface area contributed by atoms with Crippen LogP contribution in [0.15, 0.2) is 48.1 Å². The molecule has 13 nitrogen and oxygen atoms in total. The highest BCUT2D eigenvalue weighted by atomic mass is 32.1. The molecule has 2 fully saturated rings. The van der Waals surface area contributed by atoms with Crippen molar-refractivity contribution in [2.75, 3.05) is 64.5 Å². The van der Waals surface area contributed by atoms with Gasteiger partial charge in [0.05, 0.1) is 41.4 Å². The lowest BCUT2D eigenvalue weighted by Gasteiger charge is -2.36. The molecule has 2 saturated heterocycles. The largest absolute Gasteiger partial charge is 0.465 e. The molecule has 2 aliphatic heterocycles. The van der Waals surface area contributed by atoms with Crippen LogP contribution in [0.4, 0.5) is 5.82 Å². The van der Waals surface area contributed by atoms with Crippen LogP contribution >= 0.6 is 11.3 Å². The summed E-state index contributed by atoms with van der Waals surface area (Å²) in [7, 11) is 1.34. The van der Waals surface area contributed by atoms with Gasteiger partial charge >= 0.3 is 5.97 Å². The number of esters is 1. The lowest BCUT2D eigenvalue weighted by molar-refractivity contribution is -0.144. The normalized spacial score (nSPS) is 17.8. The summed E-state index contributed by atoms with van der Waals surface area (Å²) in [6.45, 7) is 14.1. The number of rotatable bonds is 13. The lowest BCUT2D eigenvalue weighted by Crippen LogP contribution is -2.58. The molecular formula is C38H51N7O6S. The van der Waals surface area contributed by atoms with Crippen LogP contribution < -0.4 is 15.5 Å². The van der Waals surface area contributed by atoms with Gasteiger partial charge in [0.2, 0.25) is 17.7 Å². The van der Waals surface area contributed by atoms with Gasteiger partial charge in [-0.15, -0.1) is 11.3 Å². The maximum atomic E-state index is 14.0. The Morgan fingerprint density at radius 1 is 0.981 bits per heavy atom. The molecule has 1 unspecified atom stereocenters. The van der Waals surface area contributed by atoms with Crippen molar-refractivity contribution in [3.63, 3.8) is 0 Å². The molecule has 0 radical (unpaired) electrons. The molecule has 2 aromatic heterocycles. The molecule has 280 valence electrons. The summed E-state index contributed by atoms with van der Waals surface area (Å²) in [4.78, 5) is 68.1. The second kappa shape index (κ2) is 17.4. The highest BCUT2D eigenvalue weighted by molar-refractivity contribution is 7.13. The van der Waals surface area contributed by atoms with Gasteiger partial charge in [-0.1, -0.05) is 45.0 Å². The van der Waals surface area contributed by atoms with Gasteiger partial charge in [-0.2, -0.15) is 0 Å². The summed E-state index contributed by atoms with van der Waals surface area (Å²) < 4.78 is 10.5. The van der Waals surface area contributed by atoms with E-state index in [4.69, 9.17) is 9.47 Å². The van der Waals surface area contributed by atoms with Crippen molar-refractivity contribution < 1.29 is 28.7 Å². The van der Waals surface area contributed by atoms with Gasteiger partial charge in [-0.05, 0) is 55.4 Å². The standard InChI is InChI=1S/C38H51N7O6S/c1-25(27-9-11-28(12-10-27)33-26(2)40-24-52-33)41-35(47)30-8-7-15-45(30)36(48)34(38(3,4)5)42-32(46)23-51-21-20-43-16-18-44(19-17-43)31-14-13-29(22-39-31)37(49)50-6/h9-14,22,24-25,30,34H,7-8,15-21,23H2,1-6H3,(H,41,47)(H,42,46)/t25-,30-,34?/m0/s1. The zero-order valence-corrected chi connectivity index (χ0v) is 31.8. The predicted molar refractivity (Wildman–Crippen MR) is 200 cm³/mol. The van der Waals surface area contributed by atoms with Crippen LogP contribution in [0, 0.1) is 12.3 Å². The number of hydrogen-bond acceptors (Lipinski definition) is 11. The first kappa shape index (κ1) is 38.8. The summed E-state index contributed by atoms with van der Waals surface area (Å²) in [5.74, 6) is -0.433. The first-order chi connectivity index (χ1) is 24.8. The van der Waals surface area contributed by atoms with Gasteiger partial charge in [0.15, 0.2) is 0 Å². The molecule has 3 atom stereocenters. The number of anilines is 1. The third kappa shape index (κ3) is 9.72. The zero-order valence-electron chi connectivity index (χ0n) is 31.0. The van der Waals surface area contributed by atoms with Gasteiger partial charge in [-0.3, -0.25) is 19.3 Å². The molecule has 0 aliphatic carbocycles. The van der Waals surface area contributed by atoms with Crippen LogP contribution in [-0.4, -0.2) is 115 Å². The minimum Gasteiger partial charge on any atom is -0.465 e. The Morgan fingerprint density at radius 3 is 2.33 bits per heavy atom. The topological polar surface area (TPSA) is 146 Å². The van der Waals surface area contributed by atoms with Gasteiger partial charge in [0.1, 0.15) is 24.5 Å². The van der Waals surface area contributed by atoms with E-state index in [1.165, 1.54) is 13.3 Å². The van der Waals surface area contributed by atoms with Crippen LogP contribution in [0.3, 0.4) is 0 Å². The summed E-state index contributed by atoms with van der Waals surface area (Å²) >= 11 is 1.60. The van der Waals surface area contributed by atoms with Gasteiger partial charge in [0, 0.05) is 45.5 Å². The predicted octanol–water partition coefficient (Wildman–Crippen LogP) is 3.84. The van der Waals surface area contributed by atoms with E-state index < -0.39 is 23.5 Å². The van der Waals surface area contributed by atoms with Crippen molar-refractivity contribution in [1.29, 1.82) is 0 Å².